The topological polar surface area (TPSA) is 112 Å². The average Bonchev–Trinajstić information content (AvgIpc) is 2.82. The molecule has 0 radical (unpaired) electrons. The smallest absolute Gasteiger partial charge is 0.356 e. The number of esters is 1. The number of carbonyl (C=O) groups excluding carboxylic acids is 2. The van der Waals surface area contributed by atoms with Gasteiger partial charge in [0.2, 0.25) is 5.91 Å². The highest BCUT2D eigenvalue weighted by molar-refractivity contribution is 5.89. The molecule has 0 spiro atoms. The lowest BCUT2D eigenvalue weighted by molar-refractivity contribution is -0.125. The van der Waals surface area contributed by atoms with Crippen molar-refractivity contribution in [1.29, 1.82) is 0 Å². The Kier molecular flexibility index (Phi) is 3.52. The fourth-order valence-corrected chi connectivity index (χ4v) is 2.27. The summed E-state index contributed by atoms with van der Waals surface area (Å²) in [6.07, 6.45) is 0.631. The summed E-state index contributed by atoms with van der Waals surface area (Å²) in [7, 11) is 1.29. The highest BCUT2D eigenvalue weighted by atomic mass is 16.5. The third kappa shape index (κ3) is 2.38. The lowest BCUT2D eigenvalue weighted by Crippen LogP contribution is -2.37. The van der Waals surface area contributed by atoms with Crippen LogP contribution in [0.1, 0.15) is 23.8 Å². The number of nitrogens with zero attached hydrogens (tertiary/aromatic N) is 2. The molecule has 1 aromatic heterocycles. The Balaban J connectivity index is 2.30. The standard InChI is InChI=1S/C13H18N4O3/c1-13(12(15)19)5-6-17(7-13)10-8(14)3-4-9(16-10)11(18)20-2/h3-4H,5-7,14H2,1-2H3,(H2,15,19). The Morgan fingerprint density at radius 3 is 2.70 bits per heavy atom. The minimum atomic E-state index is -0.602. The molecule has 7 heteroatoms. The third-order valence-electron chi connectivity index (χ3n) is 3.67. The number of aromatic nitrogens is 1. The first-order chi connectivity index (χ1) is 9.37. The largest absolute Gasteiger partial charge is 0.464 e. The molecule has 7 nitrogen and oxygen atoms in total. The highest BCUT2D eigenvalue weighted by Gasteiger charge is 2.39. The fourth-order valence-electron chi connectivity index (χ4n) is 2.27. The molecule has 1 unspecified atom stereocenters. The Morgan fingerprint density at radius 2 is 2.15 bits per heavy atom. The van der Waals surface area contributed by atoms with Gasteiger partial charge in [-0.05, 0) is 25.5 Å². The van der Waals surface area contributed by atoms with Gasteiger partial charge in [-0.3, -0.25) is 4.79 Å². The molecule has 4 N–H and O–H groups in total. The second kappa shape index (κ2) is 4.99. The van der Waals surface area contributed by atoms with Crippen molar-refractivity contribution in [3.63, 3.8) is 0 Å². The Hall–Kier alpha value is -2.31. The number of rotatable bonds is 3. The number of ether oxygens (including phenoxy) is 1. The summed E-state index contributed by atoms with van der Waals surface area (Å²) in [6, 6.07) is 3.11. The molecule has 1 atom stereocenters. The van der Waals surface area contributed by atoms with Gasteiger partial charge in [0, 0.05) is 13.1 Å². The number of nitrogens with two attached hydrogens (primary N) is 2. The number of hydrogen-bond acceptors (Lipinski definition) is 6. The quantitative estimate of drug-likeness (QED) is 0.761. The van der Waals surface area contributed by atoms with Crippen molar-refractivity contribution in [2.45, 2.75) is 13.3 Å². The zero-order valence-corrected chi connectivity index (χ0v) is 11.5. The average molecular weight is 278 g/mol. The van der Waals surface area contributed by atoms with Crippen molar-refractivity contribution >= 4 is 23.4 Å². The van der Waals surface area contributed by atoms with Crippen LogP contribution in [0.15, 0.2) is 12.1 Å². The van der Waals surface area contributed by atoms with Crippen LogP contribution in [0.25, 0.3) is 0 Å². The van der Waals surface area contributed by atoms with Crippen LogP contribution in [0.3, 0.4) is 0 Å². The number of pyridine rings is 1. The molecule has 2 rings (SSSR count). The van der Waals surface area contributed by atoms with Crippen LogP contribution in [0.2, 0.25) is 0 Å². The van der Waals surface area contributed by atoms with E-state index in [1.165, 1.54) is 13.2 Å². The van der Waals surface area contributed by atoms with Crippen LogP contribution in [0.4, 0.5) is 11.5 Å². The van der Waals surface area contributed by atoms with Gasteiger partial charge in [0.05, 0.1) is 18.2 Å². The molecule has 0 aliphatic carbocycles. The molecule has 0 saturated carbocycles. The summed E-state index contributed by atoms with van der Waals surface area (Å²) in [5.41, 5.74) is 11.4. The summed E-state index contributed by atoms with van der Waals surface area (Å²) < 4.78 is 4.64. The molecule has 20 heavy (non-hydrogen) atoms. The SMILES string of the molecule is COC(=O)c1ccc(N)c(N2CCC(C)(C(N)=O)C2)n1. The Labute approximate surface area is 116 Å². The number of nitrogen functional groups attached to an aromatic ring is 1. The van der Waals surface area contributed by atoms with E-state index < -0.39 is 11.4 Å². The van der Waals surface area contributed by atoms with E-state index in [4.69, 9.17) is 11.5 Å². The van der Waals surface area contributed by atoms with Gasteiger partial charge < -0.3 is 21.1 Å². The molecule has 1 aliphatic heterocycles. The van der Waals surface area contributed by atoms with Crippen LogP contribution >= 0.6 is 0 Å². The summed E-state index contributed by atoms with van der Waals surface area (Å²) in [6.45, 7) is 2.86. The van der Waals surface area contributed by atoms with Gasteiger partial charge >= 0.3 is 5.97 Å². The van der Waals surface area contributed by atoms with Gasteiger partial charge in [0.1, 0.15) is 0 Å². The Morgan fingerprint density at radius 1 is 1.45 bits per heavy atom. The zero-order valence-electron chi connectivity index (χ0n) is 11.5. The van der Waals surface area contributed by atoms with Crippen LogP contribution in [0.5, 0.6) is 0 Å². The zero-order chi connectivity index (χ0) is 14.9. The van der Waals surface area contributed by atoms with E-state index in [1.54, 1.807) is 6.07 Å². The summed E-state index contributed by atoms with van der Waals surface area (Å²) in [4.78, 5) is 29.1. The molecule has 0 aromatic carbocycles. The van der Waals surface area contributed by atoms with E-state index in [0.717, 1.165) is 0 Å². The second-order valence-electron chi connectivity index (χ2n) is 5.20. The van der Waals surface area contributed by atoms with Crippen molar-refractivity contribution < 1.29 is 14.3 Å². The molecule has 1 amide bonds. The number of anilines is 2. The Bertz CT molecular complexity index is 561. The van der Waals surface area contributed by atoms with Crippen LogP contribution < -0.4 is 16.4 Å². The number of amides is 1. The maximum atomic E-state index is 11.5. The molecule has 1 aromatic rings. The van der Waals surface area contributed by atoms with Gasteiger partial charge in [-0.25, -0.2) is 9.78 Å². The molecule has 1 saturated heterocycles. The molecule has 2 heterocycles. The molecule has 1 fully saturated rings. The van der Waals surface area contributed by atoms with Crippen molar-refractivity contribution in [1.82, 2.24) is 4.98 Å². The molecular weight excluding hydrogens is 260 g/mol. The minimum absolute atomic E-state index is 0.185. The maximum absolute atomic E-state index is 11.5. The first-order valence-electron chi connectivity index (χ1n) is 6.27. The number of carbonyl (C=O) groups is 2. The lowest BCUT2D eigenvalue weighted by atomic mass is 9.89. The van der Waals surface area contributed by atoms with Crippen LogP contribution in [-0.2, 0) is 9.53 Å². The van der Waals surface area contributed by atoms with Gasteiger partial charge in [0.15, 0.2) is 11.5 Å². The summed E-state index contributed by atoms with van der Waals surface area (Å²) in [5, 5.41) is 0. The second-order valence-corrected chi connectivity index (χ2v) is 5.20. The van der Waals surface area contributed by atoms with Crippen LogP contribution in [-0.4, -0.2) is 37.1 Å². The predicted octanol–water partition coefficient (Wildman–Crippen LogP) is 0.152. The molecule has 0 bridgehead atoms. The van der Waals surface area contributed by atoms with Gasteiger partial charge in [-0.1, -0.05) is 0 Å². The van der Waals surface area contributed by atoms with Gasteiger partial charge in [0.25, 0.3) is 0 Å². The maximum Gasteiger partial charge on any atom is 0.356 e. The predicted molar refractivity (Wildman–Crippen MR) is 74.1 cm³/mol. The normalized spacial score (nSPS) is 21.8. The molecule has 1 aliphatic rings. The van der Waals surface area contributed by atoms with E-state index >= 15 is 0 Å². The fraction of sp³-hybridized carbons (Fsp3) is 0.462. The lowest BCUT2D eigenvalue weighted by Gasteiger charge is -2.23. The monoisotopic (exact) mass is 278 g/mol. The van der Waals surface area contributed by atoms with Gasteiger partial charge in [-0.15, -0.1) is 0 Å². The van der Waals surface area contributed by atoms with Crippen molar-refractivity contribution in [2.75, 3.05) is 30.8 Å². The van der Waals surface area contributed by atoms with E-state index in [9.17, 15) is 9.59 Å². The van der Waals surface area contributed by atoms with Crippen LogP contribution in [0, 0.1) is 5.41 Å². The van der Waals surface area contributed by atoms with E-state index in [-0.39, 0.29) is 11.6 Å². The first-order valence-corrected chi connectivity index (χ1v) is 6.27. The number of primary amides is 1. The van der Waals surface area contributed by atoms with E-state index in [0.29, 0.717) is 31.0 Å². The molecular formula is C13H18N4O3. The van der Waals surface area contributed by atoms with Crippen molar-refractivity contribution in [2.24, 2.45) is 11.1 Å². The minimum Gasteiger partial charge on any atom is -0.464 e. The third-order valence-corrected chi connectivity index (χ3v) is 3.67. The molecule has 108 valence electrons. The van der Waals surface area contributed by atoms with Gasteiger partial charge in [-0.2, -0.15) is 0 Å². The number of methoxy groups -OCH3 is 1. The first kappa shape index (κ1) is 14.1. The summed E-state index contributed by atoms with van der Waals surface area (Å²) in [5.74, 6) is -0.385. The van der Waals surface area contributed by atoms with Crippen molar-refractivity contribution in [3.8, 4) is 0 Å². The number of hydrogen-bond donors (Lipinski definition) is 2. The highest BCUT2D eigenvalue weighted by Crippen LogP contribution is 2.34. The van der Waals surface area contributed by atoms with Crippen molar-refractivity contribution in [3.05, 3.63) is 17.8 Å². The van der Waals surface area contributed by atoms with E-state index in [2.05, 4.69) is 9.72 Å². The van der Waals surface area contributed by atoms with E-state index in [1.807, 2.05) is 11.8 Å². The summed E-state index contributed by atoms with van der Waals surface area (Å²) >= 11 is 0.